The molecule has 0 aromatic carbocycles. The molecular weight excluding hydrogens is 428 g/mol. The summed E-state index contributed by atoms with van der Waals surface area (Å²) in [6.07, 6.45) is 17.2. The van der Waals surface area contributed by atoms with Gasteiger partial charge in [-0.1, -0.05) is 65.5 Å². The first-order valence-electron chi connectivity index (χ1n) is 15.2. The monoisotopic (exact) mass is 484 g/mol. The number of carbonyl (C=O) groups is 1. The van der Waals surface area contributed by atoms with Gasteiger partial charge in [-0.25, -0.2) is 0 Å². The summed E-state index contributed by atoms with van der Waals surface area (Å²) < 4.78 is 0. The van der Waals surface area contributed by atoms with Crippen LogP contribution in [0.1, 0.15) is 105 Å². The minimum atomic E-state index is 0.185. The fourth-order valence-corrected chi connectivity index (χ4v) is 9.46. The van der Waals surface area contributed by atoms with E-state index >= 15 is 0 Å². The topological polar surface area (TPSA) is 32.3 Å². The number of nitrogens with zero attached hydrogens (tertiary/aromatic N) is 1. The number of allylic oxidation sites excluding steroid dienone is 2. The third-order valence-electron chi connectivity index (χ3n) is 11.5. The van der Waals surface area contributed by atoms with E-state index in [-0.39, 0.29) is 5.92 Å². The Morgan fingerprint density at radius 3 is 2.54 bits per heavy atom. The van der Waals surface area contributed by atoms with Crippen LogP contribution in [0.5, 0.6) is 0 Å². The lowest BCUT2D eigenvalue weighted by Gasteiger charge is -2.58. The number of likely N-dealkylation sites (N-methyl/N-ethyl adjacent to an activating group) is 1. The van der Waals surface area contributed by atoms with Crippen LogP contribution in [0, 0.1) is 52.3 Å². The first-order valence-corrected chi connectivity index (χ1v) is 15.2. The Hall–Kier alpha value is -0.830. The summed E-state index contributed by atoms with van der Waals surface area (Å²) in [4.78, 5) is 15.0. The number of fused-ring (bicyclic) bond motifs is 5. The van der Waals surface area contributed by atoms with Crippen LogP contribution in [0.25, 0.3) is 0 Å². The zero-order valence-electron chi connectivity index (χ0n) is 24.2. The Labute approximate surface area is 217 Å². The van der Waals surface area contributed by atoms with Crippen molar-refractivity contribution >= 4 is 5.91 Å². The van der Waals surface area contributed by atoms with Gasteiger partial charge in [-0.15, -0.1) is 0 Å². The van der Waals surface area contributed by atoms with Crippen molar-refractivity contribution in [2.75, 3.05) is 27.2 Å². The minimum Gasteiger partial charge on any atom is -0.355 e. The predicted molar refractivity (Wildman–Crippen MR) is 148 cm³/mol. The average molecular weight is 485 g/mol. The molecule has 0 radical (unpaired) electrons. The Balaban J connectivity index is 1.41. The molecule has 8 atom stereocenters. The third kappa shape index (κ3) is 5.41. The van der Waals surface area contributed by atoms with Crippen molar-refractivity contribution in [3.63, 3.8) is 0 Å². The lowest BCUT2D eigenvalue weighted by Crippen LogP contribution is -2.51. The molecular formula is C32H56N2O. The molecule has 4 rings (SSSR count). The van der Waals surface area contributed by atoms with Crippen LogP contribution in [0.15, 0.2) is 11.6 Å². The van der Waals surface area contributed by atoms with E-state index in [1.165, 1.54) is 57.8 Å². The molecule has 3 saturated carbocycles. The highest BCUT2D eigenvalue weighted by molar-refractivity contribution is 5.79. The van der Waals surface area contributed by atoms with E-state index in [0.717, 1.165) is 61.4 Å². The maximum Gasteiger partial charge on any atom is 0.223 e. The van der Waals surface area contributed by atoms with Crippen LogP contribution >= 0.6 is 0 Å². The van der Waals surface area contributed by atoms with Gasteiger partial charge >= 0.3 is 0 Å². The number of carbonyl (C=O) groups excluding carboxylic acids is 1. The maximum atomic E-state index is 12.9. The van der Waals surface area contributed by atoms with Crippen LogP contribution in [0.2, 0.25) is 0 Å². The highest BCUT2D eigenvalue weighted by atomic mass is 16.1. The number of nitrogens with one attached hydrogen (secondary N) is 1. The lowest BCUT2D eigenvalue weighted by molar-refractivity contribution is -0.126. The highest BCUT2D eigenvalue weighted by Crippen LogP contribution is 2.67. The molecule has 0 aromatic rings. The Kier molecular flexibility index (Phi) is 8.46. The lowest BCUT2D eigenvalue weighted by atomic mass is 9.46. The molecule has 0 spiro atoms. The minimum absolute atomic E-state index is 0.185. The van der Waals surface area contributed by atoms with Gasteiger partial charge in [0.2, 0.25) is 5.91 Å². The smallest absolute Gasteiger partial charge is 0.223 e. The molecule has 4 aliphatic carbocycles. The maximum absolute atomic E-state index is 12.9. The van der Waals surface area contributed by atoms with E-state index in [4.69, 9.17) is 0 Å². The average Bonchev–Trinajstić information content (AvgIpc) is 3.15. The van der Waals surface area contributed by atoms with E-state index in [2.05, 4.69) is 65.0 Å². The van der Waals surface area contributed by atoms with Crippen LogP contribution in [-0.4, -0.2) is 38.0 Å². The molecule has 0 aromatic heterocycles. The quantitative estimate of drug-likeness (QED) is 0.348. The van der Waals surface area contributed by atoms with Crippen LogP contribution < -0.4 is 5.32 Å². The van der Waals surface area contributed by atoms with E-state index < -0.39 is 0 Å². The largest absolute Gasteiger partial charge is 0.355 e. The van der Waals surface area contributed by atoms with Crippen molar-refractivity contribution in [1.82, 2.24) is 10.2 Å². The molecule has 1 amide bonds. The fraction of sp³-hybridized carbons (Fsp3) is 0.906. The summed E-state index contributed by atoms with van der Waals surface area (Å²) >= 11 is 0. The number of rotatable bonds is 9. The Morgan fingerprint density at radius 2 is 1.83 bits per heavy atom. The van der Waals surface area contributed by atoms with E-state index in [1.807, 2.05) is 0 Å². The van der Waals surface area contributed by atoms with Gasteiger partial charge in [-0.05, 0) is 112 Å². The molecule has 0 saturated heterocycles. The van der Waals surface area contributed by atoms with Crippen molar-refractivity contribution in [3.05, 3.63) is 11.6 Å². The standard InChI is InChI=1S/C32H56N2O/c1-22(2)9-8-10-23(3)27-13-14-28-26-12-11-25-21-24(30(35)33-19-20-34(6)7)15-17-31(25,4)29(26)16-18-32(27,28)5/h11,22-24,26-29H,8-10,12-21H2,1-7H3,(H,33,35)/t23-,24+,26+,27-,28+,29+,31+,32-/m1/s1. The van der Waals surface area contributed by atoms with Gasteiger partial charge in [0, 0.05) is 19.0 Å². The molecule has 0 heterocycles. The normalized spacial score (nSPS) is 39.6. The highest BCUT2D eigenvalue weighted by Gasteiger charge is 2.59. The Bertz CT molecular complexity index is 772. The van der Waals surface area contributed by atoms with E-state index in [0.29, 0.717) is 16.7 Å². The molecule has 3 heteroatoms. The third-order valence-corrected chi connectivity index (χ3v) is 11.5. The summed E-state index contributed by atoms with van der Waals surface area (Å²) in [6.45, 7) is 14.3. The van der Waals surface area contributed by atoms with Gasteiger partial charge < -0.3 is 10.2 Å². The number of amides is 1. The van der Waals surface area contributed by atoms with Crippen molar-refractivity contribution in [3.8, 4) is 0 Å². The van der Waals surface area contributed by atoms with Gasteiger partial charge in [0.05, 0.1) is 0 Å². The molecule has 200 valence electrons. The molecule has 35 heavy (non-hydrogen) atoms. The van der Waals surface area contributed by atoms with Crippen LogP contribution in [0.4, 0.5) is 0 Å². The van der Waals surface area contributed by atoms with E-state index in [9.17, 15) is 4.79 Å². The fourth-order valence-electron chi connectivity index (χ4n) is 9.46. The van der Waals surface area contributed by atoms with Gasteiger partial charge in [0.25, 0.3) is 0 Å². The van der Waals surface area contributed by atoms with Gasteiger partial charge in [0.1, 0.15) is 0 Å². The summed E-state index contributed by atoms with van der Waals surface area (Å²) in [5.41, 5.74) is 2.54. The summed E-state index contributed by atoms with van der Waals surface area (Å²) in [5.74, 6) is 5.76. The molecule has 0 unspecified atom stereocenters. The first-order chi connectivity index (χ1) is 16.6. The van der Waals surface area contributed by atoms with Crippen molar-refractivity contribution < 1.29 is 4.79 Å². The van der Waals surface area contributed by atoms with Gasteiger partial charge in [0.15, 0.2) is 0 Å². The predicted octanol–water partition coefficient (Wildman–Crippen LogP) is 7.32. The van der Waals surface area contributed by atoms with Gasteiger partial charge in [-0.3, -0.25) is 4.79 Å². The molecule has 3 fully saturated rings. The molecule has 1 N–H and O–H groups in total. The second kappa shape index (κ2) is 10.9. The summed E-state index contributed by atoms with van der Waals surface area (Å²) in [7, 11) is 4.13. The van der Waals surface area contributed by atoms with E-state index in [1.54, 1.807) is 5.57 Å². The van der Waals surface area contributed by atoms with Crippen molar-refractivity contribution in [1.29, 1.82) is 0 Å². The second-order valence-electron chi connectivity index (χ2n) is 14.3. The zero-order chi connectivity index (χ0) is 25.4. The van der Waals surface area contributed by atoms with Gasteiger partial charge in [-0.2, -0.15) is 0 Å². The van der Waals surface area contributed by atoms with Crippen molar-refractivity contribution in [2.24, 2.45) is 52.3 Å². The number of hydrogen-bond donors (Lipinski definition) is 1. The summed E-state index contributed by atoms with van der Waals surface area (Å²) in [5, 5.41) is 3.21. The molecule has 3 nitrogen and oxygen atoms in total. The molecule has 4 aliphatic rings. The number of hydrogen-bond acceptors (Lipinski definition) is 2. The van der Waals surface area contributed by atoms with Crippen LogP contribution in [0.3, 0.4) is 0 Å². The SMILES string of the molecule is CC(C)CCC[C@@H](C)[C@H]1CC[C@H]2[C@@H]3CC=C4C[C@@H](C(=O)NCCN(C)C)CC[C@]4(C)[C@H]3CC[C@]12C. The molecule has 0 bridgehead atoms. The zero-order valence-corrected chi connectivity index (χ0v) is 24.2. The Morgan fingerprint density at radius 1 is 1.06 bits per heavy atom. The summed E-state index contributed by atoms with van der Waals surface area (Å²) in [6, 6.07) is 0. The molecule has 0 aliphatic heterocycles. The first kappa shape index (κ1) is 27.2. The second-order valence-corrected chi connectivity index (χ2v) is 14.3. The van der Waals surface area contributed by atoms with Crippen molar-refractivity contribution in [2.45, 2.75) is 105 Å². The van der Waals surface area contributed by atoms with Crippen LogP contribution in [-0.2, 0) is 4.79 Å².